The van der Waals surface area contributed by atoms with Crippen LogP contribution in [0.5, 0.6) is 11.5 Å². The second-order valence-corrected chi connectivity index (χ2v) is 6.37. The summed E-state index contributed by atoms with van der Waals surface area (Å²) in [4.78, 5) is 14.2. The number of carbonyl (C=O) groups is 1. The van der Waals surface area contributed by atoms with Gasteiger partial charge in [-0.05, 0) is 56.1 Å². The minimum atomic E-state index is -0.269. The summed E-state index contributed by atoms with van der Waals surface area (Å²) in [6.45, 7) is 0.694. The predicted molar refractivity (Wildman–Crippen MR) is 97.5 cm³/mol. The van der Waals surface area contributed by atoms with E-state index in [4.69, 9.17) is 21.1 Å². The van der Waals surface area contributed by atoms with Gasteiger partial charge in [0.05, 0.1) is 6.04 Å². The monoisotopic (exact) mass is 361 g/mol. The summed E-state index contributed by atoms with van der Waals surface area (Å²) in [5.41, 5.74) is 1.73. The van der Waals surface area contributed by atoms with Crippen LogP contribution in [-0.2, 0) is 0 Å². The molecule has 0 unspecified atom stereocenters. The van der Waals surface area contributed by atoms with Crippen LogP contribution in [0, 0.1) is 0 Å². The molecule has 0 saturated heterocycles. The van der Waals surface area contributed by atoms with E-state index in [-0.39, 0.29) is 18.9 Å². The Morgan fingerprint density at radius 3 is 2.60 bits per heavy atom. The first-order chi connectivity index (χ1) is 12.0. The van der Waals surface area contributed by atoms with E-state index in [1.165, 1.54) is 0 Å². The third kappa shape index (κ3) is 4.35. The van der Waals surface area contributed by atoms with Crippen LogP contribution < -0.4 is 20.1 Å². The number of halogens is 1. The second-order valence-electron chi connectivity index (χ2n) is 5.93. The number of amides is 2. The Hall–Kier alpha value is -2.44. The number of likely N-dealkylation sites (N-methyl/N-ethyl adjacent to an activating group) is 1. The maximum atomic E-state index is 12.1. The van der Waals surface area contributed by atoms with Crippen LogP contribution in [0.3, 0.4) is 0 Å². The Labute approximate surface area is 151 Å². The summed E-state index contributed by atoms with van der Waals surface area (Å²) in [6.07, 6.45) is 0. The number of nitrogens with one attached hydrogen (secondary N) is 2. The molecule has 0 fully saturated rings. The average Bonchev–Trinajstić information content (AvgIpc) is 3.04. The lowest BCUT2D eigenvalue weighted by Gasteiger charge is -2.25. The SMILES string of the molecule is CN(C)[C@@H](CNC(=O)Nc1ccc(Cl)cc1)c1ccc2c(c1)OCO2. The summed E-state index contributed by atoms with van der Waals surface area (Å²) in [5, 5.41) is 6.31. The van der Waals surface area contributed by atoms with E-state index < -0.39 is 0 Å². The van der Waals surface area contributed by atoms with Gasteiger partial charge in [0, 0.05) is 17.3 Å². The van der Waals surface area contributed by atoms with E-state index >= 15 is 0 Å². The normalized spacial score (nSPS) is 13.6. The molecule has 7 heteroatoms. The molecule has 25 heavy (non-hydrogen) atoms. The van der Waals surface area contributed by atoms with Gasteiger partial charge in [-0.25, -0.2) is 4.79 Å². The van der Waals surface area contributed by atoms with Crippen molar-refractivity contribution in [2.24, 2.45) is 0 Å². The largest absolute Gasteiger partial charge is 0.454 e. The van der Waals surface area contributed by atoms with Crippen LogP contribution in [0.1, 0.15) is 11.6 Å². The van der Waals surface area contributed by atoms with Gasteiger partial charge < -0.3 is 25.0 Å². The highest BCUT2D eigenvalue weighted by atomic mass is 35.5. The van der Waals surface area contributed by atoms with E-state index in [9.17, 15) is 4.79 Å². The molecule has 1 atom stereocenters. The minimum Gasteiger partial charge on any atom is -0.454 e. The lowest BCUT2D eigenvalue weighted by atomic mass is 10.1. The lowest BCUT2D eigenvalue weighted by Crippen LogP contribution is -2.36. The highest BCUT2D eigenvalue weighted by Crippen LogP contribution is 2.34. The topological polar surface area (TPSA) is 62.8 Å². The van der Waals surface area contributed by atoms with Gasteiger partial charge >= 0.3 is 6.03 Å². The highest BCUT2D eigenvalue weighted by Gasteiger charge is 2.20. The molecule has 2 aromatic rings. The molecular formula is C18H20ClN3O3. The van der Waals surface area contributed by atoms with Crippen molar-refractivity contribution in [3.63, 3.8) is 0 Å². The van der Waals surface area contributed by atoms with E-state index in [0.29, 0.717) is 17.3 Å². The van der Waals surface area contributed by atoms with Crippen LogP contribution in [0.25, 0.3) is 0 Å². The smallest absolute Gasteiger partial charge is 0.319 e. The number of hydrogen-bond acceptors (Lipinski definition) is 4. The number of rotatable bonds is 5. The molecule has 0 bridgehead atoms. The number of fused-ring (bicyclic) bond motifs is 1. The van der Waals surface area contributed by atoms with Gasteiger partial charge in [-0.15, -0.1) is 0 Å². The second kappa shape index (κ2) is 7.63. The molecule has 2 aromatic carbocycles. The number of carbonyl (C=O) groups excluding carboxylic acids is 1. The van der Waals surface area contributed by atoms with Gasteiger partial charge in [0.1, 0.15) is 0 Å². The van der Waals surface area contributed by atoms with Gasteiger partial charge in [0.15, 0.2) is 11.5 Å². The minimum absolute atomic E-state index is 0.00506. The standard InChI is InChI=1S/C18H20ClN3O3/c1-22(2)15(12-3-8-16-17(9-12)25-11-24-16)10-20-18(23)21-14-6-4-13(19)5-7-14/h3-9,15H,10-11H2,1-2H3,(H2,20,21,23)/t15-/m0/s1. The number of ether oxygens (including phenoxy) is 2. The molecule has 3 rings (SSSR count). The molecule has 1 aliphatic heterocycles. The number of hydrogen-bond donors (Lipinski definition) is 2. The van der Waals surface area contributed by atoms with Gasteiger partial charge in [-0.1, -0.05) is 17.7 Å². The maximum absolute atomic E-state index is 12.1. The van der Waals surface area contributed by atoms with E-state index in [1.54, 1.807) is 24.3 Å². The molecule has 0 spiro atoms. The number of urea groups is 1. The Morgan fingerprint density at radius 2 is 1.88 bits per heavy atom. The van der Waals surface area contributed by atoms with Crippen molar-refractivity contribution in [3.05, 3.63) is 53.1 Å². The molecule has 2 N–H and O–H groups in total. The van der Waals surface area contributed by atoms with Crippen molar-refractivity contribution in [3.8, 4) is 11.5 Å². The van der Waals surface area contributed by atoms with Crippen molar-refractivity contribution in [1.82, 2.24) is 10.2 Å². The third-order valence-corrected chi connectivity index (χ3v) is 4.21. The average molecular weight is 362 g/mol. The first-order valence-corrected chi connectivity index (χ1v) is 8.27. The molecule has 0 radical (unpaired) electrons. The molecule has 2 amide bonds. The molecular weight excluding hydrogens is 342 g/mol. The molecule has 6 nitrogen and oxygen atoms in total. The molecule has 1 aliphatic rings. The van der Waals surface area contributed by atoms with E-state index in [2.05, 4.69) is 10.6 Å². The van der Waals surface area contributed by atoms with Crippen LogP contribution in [0.2, 0.25) is 5.02 Å². The molecule has 0 saturated carbocycles. The summed E-state index contributed by atoms with van der Waals surface area (Å²) in [5.74, 6) is 1.48. The quantitative estimate of drug-likeness (QED) is 0.855. The summed E-state index contributed by atoms with van der Waals surface area (Å²) in [6, 6.07) is 12.5. The van der Waals surface area contributed by atoms with E-state index in [0.717, 1.165) is 17.1 Å². The van der Waals surface area contributed by atoms with Crippen molar-refractivity contribution in [1.29, 1.82) is 0 Å². The number of benzene rings is 2. The van der Waals surface area contributed by atoms with Crippen LogP contribution >= 0.6 is 11.6 Å². The summed E-state index contributed by atoms with van der Waals surface area (Å²) < 4.78 is 10.8. The molecule has 132 valence electrons. The summed E-state index contributed by atoms with van der Waals surface area (Å²) >= 11 is 5.84. The van der Waals surface area contributed by atoms with Crippen molar-refractivity contribution in [2.45, 2.75) is 6.04 Å². The lowest BCUT2D eigenvalue weighted by molar-refractivity contribution is 0.174. The fourth-order valence-electron chi connectivity index (χ4n) is 2.62. The fraction of sp³-hybridized carbons (Fsp3) is 0.278. The van der Waals surface area contributed by atoms with Gasteiger partial charge in [0.2, 0.25) is 6.79 Å². The fourth-order valence-corrected chi connectivity index (χ4v) is 2.74. The molecule has 0 aromatic heterocycles. The highest BCUT2D eigenvalue weighted by molar-refractivity contribution is 6.30. The Bertz CT molecular complexity index is 750. The van der Waals surface area contributed by atoms with Crippen molar-refractivity contribution in [2.75, 3.05) is 32.7 Å². The first kappa shape index (κ1) is 17.4. The van der Waals surface area contributed by atoms with Gasteiger partial charge in [-0.2, -0.15) is 0 Å². The van der Waals surface area contributed by atoms with Crippen LogP contribution in [0.15, 0.2) is 42.5 Å². The Balaban J connectivity index is 1.62. The summed E-state index contributed by atoms with van der Waals surface area (Å²) in [7, 11) is 3.93. The third-order valence-electron chi connectivity index (χ3n) is 3.96. The molecule has 1 heterocycles. The zero-order valence-electron chi connectivity index (χ0n) is 14.1. The maximum Gasteiger partial charge on any atom is 0.319 e. The van der Waals surface area contributed by atoms with Crippen molar-refractivity contribution >= 4 is 23.3 Å². The Kier molecular flexibility index (Phi) is 5.31. The number of anilines is 1. The van der Waals surface area contributed by atoms with E-state index in [1.807, 2.05) is 37.2 Å². The number of nitrogens with zero attached hydrogens (tertiary/aromatic N) is 1. The van der Waals surface area contributed by atoms with Crippen molar-refractivity contribution < 1.29 is 14.3 Å². The first-order valence-electron chi connectivity index (χ1n) is 7.89. The Morgan fingerprint density at radius 1 is 1.16 bits per heavy atom. The zero-order chi connectivity index (χ0) is 17.8. The van der Waals surface area contributed by atoms with Crippen LogP contribution in [-0.4, -0.2) is 38.4 Å². The molecule has 0 aliphatic carbocycles. The van der Waals surface area contributed by atoms with Gasteiger partial charge in [-0.3, -0.25) is 0 Å². The van der Waals surface area contributed by atoms with Gasteiger partial charge in [0.25, 0.3) is 0 Å². The van der Waals surface area contributed by atoms with Crippen LogP contribution in [0.4, 0.5) is 10.5 Å². The zero-order valence-corrected chi connectivity index (χ0v) is 14.8. The predicted octanol–water partition coefficient (Wildman–Crippen LogP) is 3.49.